The molecular weight excluding hydrogens is 160 g/mol. The third-order valence-corrected chi connectivity index (χ3v) is 4.13. The minimum Gasteiger partial charge on any atom is -0.396 e. The average molecular weight is 182 g/mol. The summed E-state index contributed by atoms with van der Waals surface area (Å²) in [6.07, 6.45) is 7.14. The number of aliphatic hydroxyl groups is 1. The molecule has 76 valence electrons. The quantitative estimate of drug-likeness (QED) is 0.711. The molecule has 0 radical (unpaired) electrons. The first kappa shape index (κ1) is 9.51. The Hall–Kier alpha value is -0.0400. The summed E-state index contributed by atoms with van der Waals surface area (Å²) in [6.45, 7) is 4.73. The number of rotatable bonds is 3. The first-order chi connectivity index (χ1) is 6.11. The van der Waals surface area contributed by atoms with E-state index < -0.39 is 0 Å². The topological polar surface area (TPSA) is 20.2 Å². The van der Waals surface area contributed by atoms with Crippen molar-refractivity contribution >= 4 is 0 Å². The van der Waals surface area contributed by atoms with Gasteiger partial charge < -0.3 is 5.11 Å². The molecule has 0 aromatic rings. The van der Waals surface area contributed by atoms with Gasteiger partial charge in [0.1, 0.15) is 0 Å². The van der Waals surface area contributed by atoms with Crippen LogP contribution in [0.3, 0.4) is 0 Å². The molecule has 0 amide bonds. The van der Waals surface area contributed by atoms with Crippen molar-refractivity contribution in [2.45, 2.75) is 46.0 Å². The predicted octanol–water partition coefficient (Wildman–Crippen LogP) is 2.83. The van der Waals surface area contributed by atoms with Crippen molar-refractivity contribution < 1.29 is 5.11 Å². The summed E-state index contributed by atoms with van der Waals surface area (Å²) in [5.41, 5.74) is 0.162. The predicted molar refractivity (Wildman–Crippen MR) is 54.4 cm³/mol. The van der Waals surface area contributed by atoms with Gasteiger partial charge in [0.15, 0.2) is 0 Å². The molecule has 0 spiro atoms. The largest absolute Gasteiger partial charge is 0.396 e. The maximum absolute atomic E-state index is 9.22. The zero-order valence-corrected chi connectivity index (χ0v) is 8.92. The summed E-state index contributed by atoms with van der Waals surface area (Å²) in [7, 11) is 0. The maximum Gasteiger partial charge on any atom is 0.0482 e. The van der Waals surface area contributed by atoms with Gasteiger partial charge in [0.05, 0.1) is 0 Å². The third kappa shape index (κ3) is 1.90. The van der Waals surface area contributed by atoms with Crippen LogP contribution >= 0.6 is 0 Å². The van der Waals surface area contributed by atoms with Crippen molar-refractivity contribution in [3.63, 3.8) is 0 Å². The molecule has 2 aliphatic rings. The van der Waals surface area contributed by atoms with Crippen molar-refractivity contribution in [2.24, 2.45) is 23.2 Å². The summed E-state index contributed by atoms with van der Waals surface area (Å²) in [4.78, 5) is 0. The van der Waals surface area contributed by atoms with Gasteiger partial charge in [0.2, 0.25) is 0 Å². The first-order valence-electron chi connectivity index (χ1n) is 5.71. The Balaban J connectivity index is 1.89. The lowest BCUT2D eigenvalue weighted by Gasteiger charge is -2.30. The normalized spacial score (nSPS) is 38.5. The maximum atomic E-state index is 9.22. The van der Waals surface area contributed by atoms with Gasteiger partial charge in [-0.15, -0.1) is 0 Å². The highest BCUT2D eigenvalue weighted by atomic mass is 16.3. The highest BCUT2D eigenvalue weighted by Gasteiger charge is 2.41. The Morgan fingerprint density at radius 1 is 1.23 bits per heavy atom. The van der Waals surface area contributed by atoms with E-state index in [2.05, 4.69) is 13.8 Å². The monoisotopic (exact) mass is 182 g/mol. The van der Waals surface area contributed by atoms with Gasteiger partial charge in [-0.05, 0) is 48.9 Å². The van der Waals surface area contributed by atoms with Gasteiger partial charge in [-0.3, -0.25) is 0 Å². The van der Waals surface area contributed by atoms with Crippen LogP contribution in [-0.2, 0) is 0 Å². The molecule has 2 saturated carbocycles. The summed E-state index contributed by atoms with van der Waals surface area (Å²) < 4.78 is 0. The highest BCUT2D eigenvalue weighted by Crippen LogP contribution is 2.51. The molecule has 13 heavy (non-hydrogen) atoms. The van der Waals surface area contributed by atoms with Gasteiger partial charge in [0, 0.05) is 6.61 Å². The Bertz CT molecular complexity index is 186. The second kappa shape index (κ2) is 3.27. The summed E-state index contributed by atoms with van der Waals surface area (Å²) in [5.74, 6) is 2.99. The molecule has 0 heterocycles. The van der Waals surface area contributed by atoms with Crippen LogP contribution in [0.15, 0.2) is 0 Å². The zero-order chi connectivity index (χ0) is 9.47. The van der Waals surface area contributed by atoms with E-state index in [-0.39, 0.29) is 5.41 Å². The molecule has 2 bridgehead atoms. The fraction of sp³-hybridized carbons (Fsp3) is 1.00. The molecule has 2 rings (SSSR count). The van der Waals surface area contributed by atoms with Crippen LogP contribution in [0.4, 0.5) is 0 Å². The molecule has 0 saturated heterocycles. The second-order valence-electron chi connectivity index (χ2n) is 5.96. The van der Waals surface area contributed by atoms with E-state index in [4.69, 9.17) is 0 Å². The van der Waals surface area contributed by atoms with Crippen LogP contribution in [0.2, 0.25) is 0 Å². The average Bonchev–Trinajstić information content (AvgIpc) is 2.64. The molecule has 2 fully saturated rings. The van der Waals surface area contributed by atoms with Crippen LogP contribution < -0.4 is 0 Å². The third-order valence-electron chi connectivity index (χ3n) is 4.13. The molecular formula is C12H22O. The molecule has 3 unspecified atom stereocenters. The lowest BCUT2D eigenvalue weighted by molar-refractivity contribution is 0.114. The molecule has 0 aromatic carbocycles. The molecule has 0 aromatic heterocycles. The smallest absolute Gasteiger partial charge is 0.0482 e. The minimum atomic E-state index is 0.162. The minimum absolute atomic E-state index is 0.162. The second-order valence-corrected chi connectivity index (χ2v) is 5.96. The van der Waals surface area contributed by atoms with E-state index in [1.54, 1.807) is 0 Å². The van der Waals surface area contributed by atoms with E-state index in [1.165, 1.54) is 32.1 Å². The van der Waals surface area contributed by atoms with Crippen molar-refractivity contribution in [1.29, 1.82) is 0 Å². The first-order valence-corrected chi connectivity index (χ1v) is 5.71. The fourth-order valence-electron chi connectivity index (χ4n) is 3.40. The summed E-state index contributed by atoms with van der Waals surface area (Å²) in [5, 5.41) is 9.22. The molecule has 3 atom stereocenters. The number of hydrogen-bond donors (Lipinski definition) is 1. The van der Waals surface area contributed by atoms with Gasteiger partial charge >= 0.3 is 0 Å². The summed E-state index contributed by atoms with van der Waals surface area (Å²) in [6, 6.07) is 0. The molecule has 1 N–H and O–H groups in total. The highest BCUT2D eigenvalue weighted by molar-refractivity contribution is 4.91. The Labute approximate surface area is 81.5 Å². The van der Waals surface area contributed by atoms with Gasteiger partial charge in [0.25, 0.3) is 0 Å². The van der Waals surface area contributed by atoms with Crippen LogP contribution in [-0.4, -0.2) is 11.7 Å². The Morgan fingerprint density at radius 3 is 2.46 bits per heavy atom. The van der Waals surface area contributed by atoms with E-state index in [0.29, 0.717) is 6.61 Å². The zero-order valence-electron chi connectivity index (χ0n) is 8.92. The number of fused-ring (bicyclic) bond motifs is 2. The van der Waals surface area contributed by atoms with Crippen LogP contribution in [0, 0.1) is 23.2 Å². The molecule has 1 nitrogen and oxygen atoms in total. The van der Waals surface area contributed by atoms with Gasteiger partial charge in [-0.1, -0.05) is 20.3 Å². The van der Waals surface area contributed by atoms with Crippen molar-refractivity contribution in [1.82, 2.24) is 0 Å². The van der Waals surface area contributed by atoms with Crippen LogP contribution in [0.5, 0.6) is 0 Å². The van der Waals surface area contributed by atoms with E-state index in [9.17, 15) is 5.11 Å². The van der Waals surface area contributed by atoms with Crippen LogP contribution in [0.25, 0.3) is 0 Å². The van der Waals surface area contributed by atoms with E-state index in [1.807, 2.05) is 0 Å². The van der Waals surface area contributed by atoms with Crippen LogP contribution in [0.1, 0.15) is 46.0 Å². The fourth-order valence-corrected chi connectivity index (χ4v) is 3.40. The van der Waals surface area contributed by atoms with Crippen molar-refractivity contribution in [3.8, 4) is 0 Å². The lowest BCUT2D eigenvalue weighted by atomic mass is 9.76. The molecule has 1 heteroatoms. The molecule has 2 aliphatic carbocycles. The van der Waals surface area contributed by atoms with Gasteiger partial charge in [-0.2, -0.15) is 0 Å². The number of hydrogen-bond acceptors (Lipinski definition) is 1. The van der Waals surface area contributed by atoms with Gasteiger partial charge in [-0.25, -0.2) is 0 Å². The standard InChI is InChI=1S/C12H22O/c1-12(2,8-13)7-11-6-9-3-4-10(11)5-9/h9-11,13H,3-8H2,1-2H3. The van der Waals surface area contributed by atoms with E-state index in [0.717, 1.165) is 17.8 Å². The Morgan fingerprint density at radius 2 is 2.00 bits per heavy atom. The lowest BCUT2D eigenvalue weighted by Crippen LogP contribution is -2.24. The number of aliphatic hydroxyl groups excluding tert-OH is 1. The Kier molecular flexibility index (Phi) is 2.39. The van der Waals surface area contributed by atoms with E-state index >= 15 is 0 Å². The summed E-state index contributed by atoms with van der Waals surface area (Å²) >= 11 is 0. The van der Waals surface area contributed by atoms with Crippen molar-refractivity contribution in [2.75, 3.05) is 6.61 Å². The molecule has 0 aliphatic heterocycles. The van der Waals surface area contributed by atoms with Crippen molar-refractivity contribution in [3.05, 3.63) is 0 Å². The SMILES string of the molecule is CC(C)(CO)CC1CC2CCC1C2.